The van der Waals surface area contributed by atoms with Crippen LogP contribution in [0.2, 0.25) is 0 Å². The van der Waals surface area contributed by atoms with E-state index in [9.17, 15) is 14.0 Å². The first-order chi connectivity index (χ1) is 14.1. The van der Waals surface area contributed by atoms with Crippen molar-refractivity contribution in [3.8, 4) is 0 Å². The molecule has 2 aromatic carbocycles. The maximum Gasteiger partial charge on any atom is 0.276 e. The highest BCUT2D eigenvalue weighted by Crippen LogP contribution is 2.23. The van der Waals surface area contributed by atoms with E-state index in [1.54, 1.807) is 42.5 Å². The number of rotatable bonds is 8. The van der Waals surface area contributed by atoms with Crippen LogP contribution in [0.4, 0.5) is 4.39 Å². The average Bonchev–Trinajstić information content (AvgIpc) is 3.28. The smallest absolute Gasteiger partial charge is 0.276 e. The Hall–Kier alpha value is -3.39. The summed E-state index contributed by atoms with van der Waals surface area (Å²) in [5, 5.41) is 8.20. The van der Waals surface area contributed by atoms with Gasteiger partial charge in [-0.15, -0.1) is 11.7 Å². The molecule has 8 heteroatoms. The van der Waals surface area contributed by atoms with Crippen LogP contribution in [0.5, 0.6) is 0 Å². The summed E-state index contributed by atoms with van der Waals surface area (Å²) in [4.78, 5) is 27.5. The second-order valence-electron chi connectivity index (χ2n) is 6.19. The molecule has 0 bridgehead atoms. The van der Waals surface area contributed by atoms with Crippen molar-refractivity contribution >= 4 is 23.3 Å². The molecule has 0 fully saturated rings. The number of nitrogens with zero attached hydrogens (tertiary/aromatic N) is 3. The highest BCUT2D eigenvalue weighted by molar-refractivity contribution is 7.03. The number of carbonyl (C=O) groups is 2. The molecule has 0 aliphatic heterocycles. The van der Waals surface area contributed by atoms with E-state index in [2.05, 4.69) is 21.5 Å². The lowest BCUT2D eigenvalue weighted by atomic mass is 10.0. The minimum atomic E-state index is -0.885. The van der Waals surface area contributed by atoms with Crippen molar-refractivity contribution in [2.24, 2.45) is 0 Å². The molecule has 6 nitrogen and oxygen atoms in total. The van der Waals surface area contributed by atoms with Gasteiger partial charge >= 0.3 is 0 Å². The zero-order chi connectivity index (χ0) is 20.6. The van der Waals surface area contributed by atoms with Crippen LogP contribution in [0, 0.1) is 5.82 Å². The fraction of sp³-hybridized carbons (Fsp3) is 0.143. The molecule has 1 aromatic heterocycles. The zero-order valence-corrected chi connectivity index (χ0v) is 16.3. The van der Waals surface area contributed by atoms with Crippen LogP contribution >= 0.6 is 11.5 Å². The summed E-state index contributed by atoms with van der Waals surface area (Å²) in [6.45, 7) is 4.06. The van der Waals surface area contributed by atoms with Gasteiger partial charge in [-0.1, -0.05) is 53.0 Å². The van der Waals surface area contributed by atoms with Crippen molar-refractivity contribution in [3.05, 3.63) is 95.3 Å². The first-order valence-corrected chi connectivity index (χ1v) is 9.70. The number of halogens is 1. The molecule has 1 N–H and O–H groups in total. The predicted molar refractivity (Wildman–Crippen MR) is 109 cm³/mol. The summed E-state index contributed by atoms with van der Waals surface area (Å²) in [5.74, 6) is -1.12. The number of hydrogen-bond donors (Lipinski definition) is 1. The van der Waals surface area contributed by atoms with Crippen molar-refractivity contribution in [1.29, 1.82) is 0 Å². The van der Waals surface area contributed by atoms with Gasteiger partial charge in [0.25, 0.3) is 5.91 Å². The third-order valence-electron chi connectivity index (χ3n) is 4.22. The average molecular weight is 410 g/mol. The van der Waals surface area contributed by atoms with E-state index in [4.69, 9.17) is 0 Å². The summed E-state index contributed by atoms with van der Waals surface area (Å²) in [6, 6.07) is 14.0. The van der Waals surface area contributed by atoms with Gasteiger partial charge in [0.1, 0.15) is 11.9 Å². The van der Waals surface area contributed by atoms with Gasteiger partial charge in [0, 0.05) is 18.5 Å². The number of hydrogen-bond acceptors (Lipinski definition) is 5. The molecular weight excluding hydrogens is 391 g/mol. The standard InChI is InChI=1S/C21H19FN4O2S/c1-2-12-26(21(28)18-14-29-25-24-18)19(16-6-4-3-5-7-16)20(27)23-13-15-8-10-17(22)11-9-15/h2-11,14,19H,1,12-13H2,(H,23,27)/t19-/m1/s1. The van der Waals surface area contributed by atoms with Crippen LogP contribution in [0.3, 0.4) is 0 Å². The lowest BCUT2D eigenvalue weighted by Gasteiger charge is -2.30. The zero-order valence-electron chi connectivity index (χ0n) is 15.5. The Balaban J connectivity index is 1.88. The van der Waals surface area contributed by atoms with Crippen LogP contribution in [-0.2, 0) is 11.3 Å². The van der Waals surface area contributed by atoms with E-state index in [1.807, 2.05) is 6.07 Å². The van der Waals surface area contributed by atoms with E-state index >= 15 is 0 Å². The third kappa shape index (κ3) is 5.11. The highest BCUT2D eigenvalue weighted by atomic mass is 32.1. The number of carbonyl (C=O) groups excluding carboxylic acids is 2. The fourth-order valence-corrected chi connectivity index (χ4v) is 3.28. The molecule has 0 saturated carbocycles. The van der Waals surface area contributed by atoms with E-state index in [0.717, 1.165) is 17.1 Å². The van der Waals surface area contributed by atoms with Gasteiger partial charge in [0.2, 0.25) is 5.91 Å². The Labute approximate surface area is 171 Å². The van der Waals surface area contributed by atoms with Gasteiger partial charge in [-0.05, 0) is 34.8 Å². The molecule has 0 radical (unpaired) electrons. The summed E-state index contributed by atoms with van der Waals surface area (Å²) in [6.07, 6.45) is 1.56. The van der Waals surface area contributed by atoms with Crippen molar-refractivity contribution in [2.45, 2.75) is 12.6 Å². The molecule has 0 saturated heterocycles. The molecule has 1 atom stereocenters. The first-order valence-electron chi connectivity index (χ1n) is 8.86. The predicted octanol–water partition coefficient (Wildman–Crippen LogP) is 3.36. The summed E-state index contributed by atoms with van der Waals surface area (Å²) < 4.78 is 16.8. The topological polar surface area (TPSA) is 75.2 Å². The van der Waals surface area contributed by atoms with E-state index in [-0.39, 0.29) is 30.5 Å². The van der Waals surface area contributed by atoms with Gasteiger partial charge in [-0.25, -0.2) is 4.39 Å². The van der Waals surface area contributed by atoms with Gasteiger partial charge in [0.05, 0.1) is 0 Å². The summed E-state index contributed by atoms with van der Waals surface area (Å²) >= 11 is 1.06. The largest absolute Gasteiger partial charge is 0.350 e. The Kier molecular flexibility index (Phi) is 6.80. The van der Waals surface area contributed by atoms with Crippen LogP contribution in [0.25, 0.3) is 0 Å². The van der Waals surface area contributed by atoms with E-state index in [1.165, 1.54) is 22.4 Å². The van der Waals surface area contributed by atoms with E-state index in [0.29, 0.717) is 5.56 Å². The van der Waals surface area contributed by atoms with Gasteiger partial charge in [0.15, 0.2) is 5.69 Å². The molecule has 0 spiro atoms. The molecule has 0 aliphatic rings. The Morgan fingerprint density at radius 3 is 2.52 bits per heavy atom. The maximum absolute atomic E-state index is 13.1. The van der Waals surface area contributed by atoms with Gasteiger partial charge in [-0.3, -0.25) is 9.59 Å². The molecule has 0 aliphatic carbocycles. The lowest BCUT2D eigenvalue weighted by molar-refractivity contribution is -0.126. The molecule has 1 heterocycles. The number of amides is 2. The number of nitrogens with one attached hydrogen (secondary N) is 1. The third-order valence-corrected chi connectivity index (χ3v) is 4.73. The van der Waals surface area contributed by atoms with Crippen LogP contribution in [0.15, 0.2) is 72.6 Å². The van der Waals surface area contributed by atoms with Crippen molar-refractivity contribution in [2.75, 3.05) is 6.54 Å². The molecule has 2 amide bonds. The minimum Gasteiger partial charge on any atom is -0.350 e. The SMILES string of the molecule is C=CCN(C(=O)c1csnn1)[C@@H](C(=O)NCc1ccc(F)cc1)c1ccccc1. The minimum absolute atomic E-state index is 0.153. The van der Waals surface area contributed by atoms with E-state index < -0.39 is 11.9 Å². The van der Waals surface area contributed by atoms with Crippen molar-refractivity contribution in [3.63, 3.8) is 0 Å². The fourth-order valence-electron chi connectivity index (χ4n) is 2.85. The Bertz CT molecular complexity index is 962. The molecule has 0 unspecified atom stereocenters. The van der Waals surface area contributed by atoms with Crippen LogP contribution < -0.4 is 5.32 Å². The molecule has 3 aromatic rings. The normalized spacial score (nSPS) is 11.5. The first kappa shape index (κ1) is 20.3. The lowest BCUT2D eigenvalue weighted by Crippen LogP contribution is -2.43. The molecular formula is C21H19FN4O2S. The number of aromatic nitrogens is 2. The monoisotopic (exact) mass is 410 g/mol. The van der Waals surface area contributed by atoms with Crippen molar-refractivity contribution in [1.82, 2.24) is 19.8 Å². The Morgan fingerprint density at radius 2 is 1.90 bits per heavy atom. The number of benzene rings is 2. The van der Waals surface area contributed by atoms with Crippen molar-refractivity contribution < 1.29 is 14.0 Å². The second-order valence-corrected chi connectivity index (χ2v) is 6.80. The second kappa shape index (κ2) is 9.70. The summed E-state index contributed by atoms with van der Waals surface area (Å²) in [7, 11) is 0. The molecule has 148 valence electrons. The summed E-state index contributed by atoms with van der Waals surface area (Å²) in [5.41, 5.74) is 1.57. The van der Waals surface area contributed by atoms with Crippen LogP contribution in [0.1, 0.15) is 27.7 Å². The Morgan fingerprint density at radius 1 is 1.17 bits per heavy atom. The maximum atomic E-state index is 13.1. The molecule has 3 rings (SSSR count). The highest BCUT2D eigenvalue weighted by Gasteiger charge is 2.32. The quantitative estimate of drug-likeness (QED) is 0.578. The van der Waals surface area contributed by atoms with Gasteiger partial charge < -0.3 is 10.2 Å². The van der Waals surface area contributed by atoms with Crippen LogP contribution in [-0.4, -0.2) is 32.8 Å². The molecule has 29 heavy (non-hydrogen) atoms. The van der Waals surface area contributed by atoms with Gasteiger partial charge in [-0.2, -0.15) is 0 Å².